The number of amides is 2. The van der Waals surface area contributed by atoms with Crippen molar-refractivity contribution in [3.8, 4) is 0 Å². The molecule has 0 aliphatic carbocycles. The molecule has 2 aromatic heterocycles. The first kappa shape index (κ1) is 17.2. The number of nitrogens with one attached hydrogen (secondary N) is 1. The zero-order valence-corrected chi connectivity index (χ0v) is 15.3. The Labute approximate surface area is 157 Å². The molecule has 7 heteroatoms. The molecule has 0 radical (unpaired) electrons. The maximum absolute atomic E-state index is 12.7. The Bertz CT molecular complexity index is 995. The molecule has 1 saturated heterocycles. The van der Waals surface area contributed by atoms with Crippen LogP contribution in [0.4, 0.5) is 5.69 Å². The second-order valence-electron chi connectivity index (χ2n) is 6.96. The number of rotatable bonds is 4. The minimum atomic E-state index is -0.375. The van der Waals surface area contributed by atoms with E-state index < -0.39 is 0 Å². The van der Waals surface area contributed by atoms with Crippen molar-refractivity contribution in [1.29, 1.82) is 0 Å². The molecule has 0 spiro atoms. The molecule has 2 unspecified atom stereocenters. The summed E-state index contributed by atoms with van der Waals surface area (Å²) in [5, 5.41) is 11.3. The SMILES string of the molecule is Cc1ccc(N2CC(C(=O)NC(C)c3nnc4ccccn34)CC2=O)cc1. The fourth-order valence-corrected chi connectivity index (χ4v) is 3.41. The van der Waals surface area contributed by atoms with E-state index in [1.807, 2.05) is 66.9 Å². The fourth-order valence-electron chi connectivity index (χ4n) is 3.41. The number of anilines is 1. The number of carbonyl (C=O) groups is 2. The summed E-state index contributed by atoms with van der Waals surface area (Å²) in [6.45, 7) is 4.26. The number of hydrogen-bond acceptors (Lipinski definition) is 4. The summed E-state index contributed by atoms with van der Waals surface area (Å²) in [6.07, 6.45) is 2.08. The minimum Gasteiger partial charge on any atom is -0.346 e. The molecule has 1 aliphatic rings. The van der Waals surface area contributed by atoms with Crippen LogP contribution in [0.3, 0.4) is 0 Å². The number of benzene rings is 1. The Balaban J connectivity index is 1.45. The average Bonchev–Trinajstić information content (AvgIpc) is 3.26. The predicted octanol–water partition coefficient (Wildman–Crippen LogP) is 2.27. The van der Waals surface area contributed by atoms with Gasteiger partial charge in [-0.15, -0.1) is 10.2 Å². The molecule has 1 aliphatic heterocycles. The lowest BCUT2D eigenvalue weighted by Crippen LogP contribution is -2.35. The van der Waals surface area contributed by atoms with Crippen LogP contribution in [0.25, 0.3) is 5.65 Å². The molecule has 0 saturated carbocycles. The molecule has 1 fully saturated rings. The second kappa shape index (κ2) is 6.83. The first-order chi connectivity index (χ1) is 13.0. The van der Waals surface area contributed by atoms with E-state index in [4.69, 9.17) is 0 Å². The van der Waals surface area contributed by atoms with Gasteiger partial charge in [-0.2, -0.15) is 0 Å². The van der Waals surface area contributed by atoms with E-state index >= 15 is 0 Å². The van der Waals surface area contributed by atoms with E-state index in [2.05, 4.69) is 15.5 Å². The number of aromatic nitrogens is 3. The van der Waals surface area contributed by atoms with Gasteiger partial charge in [0.25, 0.3) is 0 Å². The number of hydrogen-bond donors (Lipinski definition) is 1. The van der Waals surface area contributed by atoms with Crippen LogP contribution in [0.2, 0.25) is 0 Å². The Morgan fingerprint density at radius 1 is 1.19 bits per heavy atom. The second-order valence-corrected chi connectivity index (χ2v) is 6.96. The minimum absolute atomic E-state index is 0.0282. The maximum atomic E-state index is 12.7. The zero-order chi connectivity index (χ0) is 19.0. The van der Waals surface area contributed by atoms with E-state index in [0.29, 0.717) is 12.4 Å². The van der Waals surface area contributed by atoms with Gasteiger partial charge in [0.05, 0.1) is 12.0 Å². The van der Waals surface area contributed by atoms with Gasteiger partial charge in [-0.1, -0.05) is 23.8 Å². The van der Waals surface area contributed by atoms with Gasteiger partial charge in [-0.3, -0.25) is 14.0 Å². The van der Waals surface area contributed by atoms with Crippen molar-refractivity contribution in [2.24, 2.45) is 5.92 Å². The highest BCUT2D eigenvalue weighted by atomic mass is 16.2. The molecule has 27 heavy (non-hydrogen) atoms. The van der Waals surface area contributed by atoms with Gasteiger partial charge >= 0.3 is 0 Å². The molecule has 7 nitrogen and oxygen atoms in total. The van der Waals surface area contributed by atoms with Crippen LogP contribution in [0.15, 0.2) is 48.7 Å². The van der Waals surface area contributed by atoms with Gasteiger partial charge in [0.2, 0.25) is 11.8 Å². The first-order valence-electron chi connectivity index (χ1n) is 9.00. The Hall–Kier alpha value is -3.22. The Morgan fingerprint density at radius 3 is 2.74 bits per heavy atom. The normalized spacial score (nSPS) is 18.1. The molecule has 3 aromatic rings. The molecule has 2 amide bonds. The monoisotopic (exact) mass is 363 g/mol. The van der Waals surface area contributed by atoms with Gasteiger partial charge in [0.15, 0.2) is 11.5 Å². The molecule has 3 heterocycles. The quantitative estimate of drug-likeness (QED) is 0.771. The van der Waals surface area contributed by atoms with Crippen molar-refractivity contribution in [3.63, 3.8) is 0 Å². The molecular formula is C20H21N5O2. The smallest absolute Gasteiger partial charge is 0.227 e. The van der Waals surface area contributed by atoms with Crippen molar-refractivity contribution in [2.75, 3.05) is 11.4 Å². The number of fused-ring (bicyclic) bond motifs is 1. The van der Waals surface area contributed by atoms with Crippen LogP contribution < -0.4 is 10.2 Å². The predicted molar refractivity (Wildman–Crippen MR) is 101 cm³/mol. The van der Waals surface area contributed by atoms with Crippen molar-refractivity contribution >= 4 is 23.1 Å². The largest absolute Gasteiger partial charge is 0.346 e. The van der Waals surface area contributed by atoms with Crippen LogP contribution in [0.1, 0.15) is 30.8 Å². The number of nitrogens with zero attached hydrogens (tertiary/aromatic N) is 4. The highest BCUT2D eigenvalue weighted by molar-refractivity contribution is 6.00. The van der Waals surface area contributed by atoms with E-state index in [-0.39, 0.29) is 30.2 Å². The van der Waals surface area contributed by atoms with E-state index in [0.717, 1.165) is 16.9 Å². The maximum Gasteiger partial charge on any atom is 0.227 e. The van der Waals surface area contributed by atoms with Crippen LogP contribution in [-0.2, 0) is 9.59 Å². The van der Waals surface area contributed by atoms with E-state index in [1.165, 1.54) is 0 Å². The number of carbonyl (C=O) groups excluding carboxylic acids is 2. The van der Waals surface area contributed by atoms with E-state index in [1.54, 1.807) is 4.90 Å². The fraction of sp³-hybridized carbons (Fsp3) is 0.300. The first-order valence-corrected chi connectivity index (χ1v) is 9.00. The summed E-state index contributed by atoms with van der Waals surface area (Å²) in [5.74, 6) is 0.122. The van der Waals surface area contributed by atoms with Crippen molar-refractivity contribution < 1.29 is 9.59 Å². The van der Waals surface area contributed by atoms with Gasteiger partial charge in [0, 0.05) is 24.8 Å². The van der Waals surface area contributed by atoms with Gasteiger partial charge in [0.1, 0.15) is 0 Å². The highest BCUT2D eigenvalue weighted by Crippen LogP contribution is 2.26. The number of pyridine rings is 1. The van der Waals surface area contributed by atoms with Crippen LogP contribution in [0, 0.1) is 12.8 Å². The van der Waals surface area contributed by atoms with Crippen LogP contribution >= 0.6 is 0 Å². The third-order valence-electron chi connectivity index (χ3n) is 4.93. The molecule has 0 bridgehead atoms. The summed E-state index contributed by atoms with van der Waals surface area (Å²) >= 11 is 0. The third kappa shape index (κ3) is 3.28. The van der Waals surface area contributed by atoms with Crippen LogP contribution in [-0.4, -0.2) is 33.0 Å². The van der Waals surface area contributed by atoms with Crippen molar-refractivity contribution in [1.82, 2.24) is 19.9 Å². The summed E-state index contributed by atoms with van der Waals surface area (Å²) in [5.41, 5.74) is 2.70. The Morgan fingerprint density at radius 2 is 1.96 bits per heavy atom. The highest BCUT2D eigenvalue weighted by Gasteiger charge is 2.35. The molecule has 1 N–H and O–H groups in total. The number of aryl methyl sites for hydroxylation is 1. The topological polar surface area (TPSA) is 79.6 Å². The molecule has 4 rings (SSSR count). The lowest BCUT2D eigenvalue weighted by Gasteiger charge is -2.18. The summed E-state index contributed by atoms with van der Waals surface area (Å²) in [6, 6.07) is 13.1. The lowest BCUT2D eigenvalue weighted by molar-refractivity contribution is -0.126. The van der Waals surface area contributed by atoms with Gasteiger partial charge < -0.3 is 10.2 Å². The van der Waals surface area contributed by atoms with Gasteiger partial charge in [-0.25, -0.2) is 0 Å². The summed E-state index contributed by atoms with van der Waals surface area (Å²) < 4.78 is 1.85. The van der Waals surface area contributed by atoms with Crippen LogP contribution in [0.5, 0.6) is 0 Å². The van der Waals surface area contributed by atoms with Crippen molar-refractivity contribution in [2.45, 2.75) is 26.3 Å². The van der Waals surface area contributed by atoms with E-state index in [9.17, 15) is 9.59 Å². The summed E-state index contributed by atoms with van der Waals surface area (Å²) in [4.78, 5) is 26.8. The lowest BCUT2D eigenvalue weighted by atomic mass is 10.1. The average molecular weight is 363 g/mol. The molecule has 1 aromatic carbocycles. The standard InChI is InChI=1S/C20H21N5O2/c1-13-6-8-16(9-7-13)25-12-15(11-18(25)26)20(27)21-14(2)19-23-22-17-5-3-4-10-24(17)19/h3-10,14-15H,11-12H2,1-2H3,(H,21,27). The molecule has 138 valence electrons. The zero-order valence-electron chi connectivity index (χ0n) is 15.3. The third-order valence-corrected chi connectivity index (χ3v) is 4.93. The Kier molecular flexibility index (Phi) is 4.35. The molecule has 2 atom stereocenters. The summed E-state index contributed by atoms with van der Waals surface area (Å²) in [7, 11) is 0. The molecular weight excluding hydrogens is 342 g/mol. The van der Waals surface area contributed by atoms with Crippen molar-refractivity contribution in [3.05, 3.63) is 60.0 Å². The van der Waals surface area contributed by atoms with Gasteiger partial charge in [-0.05, 0) is 38.1 Å².